The Morgan fingerprint density at radius 2 is 1.72 bits per heavy atom. The maximum atomic E-state index is 12.4. The van der Waals surface area contributed by atoms with Gasteiger partial charge in [0.15, 0.2) is 5.75 Å². The number of carboxylic acid groups (broad SMARTS) is 3. The minimum atomic E-state index is -2.10. The van der Waals surface area contributed by atoms with Crippen LogP contribution >= 0.6 is 23.2 Å². The van der Waals surface area contributed by atoms with E-state index in [1.54, 1.807) is 0 Å². The molecule has 0 radical (unpaired) electrons. The van der Waals surface area contributed by atoms with Gasteiger partial charge in [0, 0.05) is 11.6 Å². The number of rotatable bonds is 9. The normalized spacial score (nSPS) is 23.2. The van der Waals surface area contributed by atoms with Crippen molar-refractivity contribution in [2.45, 2.75) is 49.0 Å². The van der Waals surface area contributed by atoms with Gasteiger partial charge in [0.25, 0.3) is 5.91 Å². The molecular weight excluding hydrogens is 473 g/mol. The number of halogens is 2. The van der Waals surface area contributed by atoms with Crippen LogP contribution in [0, 0.1) is 0 Å². The number of carbonyl (C=O) groups excluding carboxylic acids is 1. The fourth-order valence-corrected chi connectivity index (χ4v) is 3.99. The summed E-state index contributed by atoms with van der Waals surface area (Å²) in [5.41, 5.74) is 3.16. The number of phenolic OH excluding ortho intramolecular Hbond substituents is 1. The third-order valence-corrected chi connectivity index (χ3v) is 5.84. The largest absolute Gasteiger partial charge is 0.505 e. The Labute approximate surface area is 190 Å². The van der Waals surface area contributed by atoms with Gasteiger partial charge in [0.2, 0.25) is 0 Å². The smallest absolute Gasteiger partial charge is 0.326 e. The summed E-state index contributed by atoms with van der Waals surface area (Å²) >= 11 is 11.5. The molecule has 176 valence electrons. The summed E-state index contributed by atoms with van der Waals surface area (Å²) in [6.07, 6.45) is -2.45. The molecule has 1 aromatic carbocycles. The van der Waals surface area contributed by atoms with Crippen LogP contribution in [-0.2, 0) is 14.4 Å². The molecule has 14 heteroatoms. The second-order valence-corrected chi connectivity index (χ2v) is 8.17. The van der Waals surface area contributed by atoms with Gasteiger partial charge < -0.3 is 36.6 Å². The molecule has 1 aliphatic heterocycles. The summed E-state index contributed by atoms with van der Waals surface area (Å²) in [5.74, 6) is -5.89. The van der Waals surface area contributed by atoms with Gasteiger partial charge in [-0.25, -0.2) is 4.79 Å². The number of amides is 1. The highest BCUT2D eigenvalue weighted by atomic mass is 35.5. The molecule has 2 rings (SSSR count). The minimum Gasteiger partial charge on any atom is -0.505 e. The Morgan fingerprint density at radius 1 is 1.16 bits per heavy atom. The first-order valence-corrected chi connectivity index (χ1v) is 9.95. The average Bonchev–Trinajstić information content (AvgIpc) is 3.15. The van der Waals surface area contributed by atoms with Crippen molar-refractivity contribution >= 4 is 47.0 Å². The van der Waals surface area contributed by atoms with Crippen LogP contribution in [0.1, 0.15) is 29.6 Å². The molecule has 0 aromatic heterocycles. The van der Waals surface area contributed by atoms with E-state index in [0.29, 0.717) is 0 Å². The maximum absolute atomic E-state index is 12.4. The Morgan fingerprint density at radius 3 is 2.19 bits per heavy atom. The molecule has 0 spiro atoms. The van der Waals surface area contributed by atoms with Crippen molar-refractivity contribution in [3.05, 3.63) is 27.7 Å². The molecule has 1 fully saturated rings. The first-order chi connectivity index (χ1) is 14.8. The topological polar surface area (TPSA) is 220 Å². The molecule has 9 N–H and O–H groups in total. The first kappa shape index (κ1) is 25.6. The van der Waals surface area contributed by atoms with Gasteiger partial charge in [0.1, 0.15) is 23.7 Å². The molecule has 1 heterocycles. The SMILES string of the molecule is N[C@@H](C(=O)O)[C@H](O)[C@@]1(C(=O)O)CC[C@@H](C[C@@H](NC(=O)c2cc(Cl)c(O)c(Cl)c2)C(=O)O)N1. The molecule has 1 amide bonds. The van der Waals surface area contributed by atoms with E-state index in [0.717, 1.165) is 12.1 Å². The number of aromatic hydroxyl groups is 1. The molecule has 1 aromatic rings. The second kappa shape index (κ2) is 9.88. The summed E-state index contributed by atoms with van der Waals surface area (Å²) in [5, 5.41) is 52.3. The number of hydrogen-bond donors (Lipinski definition) is 8. The monoisotopic (exact) mass is 493 g/mol. The first-order valence-electron chi connectivity index (χ1n) is 9.19. The van der Waals surface area contributed by atoms with Crippen LogP contribution in [0.5, 0.6) is 5.75 Å². The highest BCUT2D eigenvalue weighted by Crippen LogP contribution is 2.33. The number of nitrogens with two attached hydrogens (primary N) is 1. The van der Waals surface area contributed by atoms with Crippen LogP contribution in [-0.4, -0.2) is 79.1 Å². The number of carboxylic acids is 3. The molecule has 0 aliphatic carbocycles. The zero-order valence-corrected chi connectivity index (χ0v) is 17.8. The lowest BCUT2D eigenvalue weighted by atomic mass is 9.86. The molecular formula is C18H21Cl2N3O9. The highest BCUT2D eigenvalue weighted by Gasteiger charge is 2.54. The number of benzene rings is 1. The molecule has 1 saturated heterocycles. The van der Waals surface area contributed by atoms with E-state index in [1.807, 2.05) is 0 Å². The number of nitrogens with one attached hydrogen (secondary N) is 2. The molecule has 5 atom stereocenters. The zero-order valence-electron chi connectivity index (χ0n) is 16.3. The van der Waals surface area contributed by atoms with E-state index in [1.165, 1.54) is 0 Å². The third kappa shape index (κ3) is 5.22. The number of phenols is 1. The quantitative estimate of drug-likeness (QED) is 0.221. The summed E-state index contributed by atoms with van der Waals surface area (Å²) in [4.78, 5) is 47.0. The number of aliphatic hydroxyl groups excluding tert-OH is 1. The lowest BCUT2D eigenvalue weighted by molar-refractivity contribution is -0.153. The van der Waals surface area contributed by atoms with Crippen LogP contribution in [0.15, 0.2) is 12.1 Å². The van der Waals surface area contributed by atoms with Gasteiger partial charge in [-0.3, -0.25) is 19.7 Å². The fourth-order valence-electron chi connectivity index (χ4n) is 3.50. The van der Waals surface area contributed by atoms with Crippen molar-refractivity contribution in [2.24, 2.45) is 5.73 Å². The molecule has 32 heavy (non-hydrogen) atoms. The molecule has 0 bridgehead atoms. The van der Waals surface area contributed by atoms with Crippen molar-refractivity contribution in [1.29, 1.82) is 0 Å². The lowest BCUT2D eigenvalue weighted by Crippen LogP contribution is -2.65. The predicted molar refractivity (Wildman–Crippen MR) is 110 cm³/mol. The molecule has 12 nitrogen and oxygen atoms in total. The van der Waals surface area contributed by atoms with Gasteiger partial charge in [0.05, 0.1) is 10.0 Å². The number of aliphatic carboxylic acids is 3. The van der Waals surface area contributed by atoms with Gasteiger partial charge >= 0.3 is 17.9 Å². The van der Waals surface area contributed by atoms with E-state index in [-0.39, 0.29) is 34.9 Å². The van der Waals surface area contributed by atoms with Gasteiger partial charge in [-0.2, -0.15) is 0 Å². The average molecular weight is 494 g/mol. The number of hydrogen-bond acceptors (Lipinski definition) is 8. The molecule has 0 saturated carbocycles. The number of carbonyl (C=O) groups is 4. The predicted octanol–water partition coefficient (Wildman–Crippen LogP) is -0.380. The Hall–Kier alpha value is -2.64. The summed E-state index contributed by atoms with van der Waals surface area (Å²) in [7, 11) is 0. The van der Waals surface area contributed by atoms with Crippen LogP contribution < -0.4 is 16.4 Å². The van der Waals surface area contributed by atoms with Crippen molar-refractivity contribution in [1.82, 2.24) is 10.6 Å². The Bertz CT molecular complexity index is 921. The van der Waals surface area contributed by atoms with E-state index < -0.39 is 59.3 Å². The van der Waals surface area contributed by atoms with Crippen LogP contribution in [0.3, 0.4) is 0 Å². The van der Waals surface area contributed by atoms with Gasteiger partial charge in [-0.15, -0.1) is 0 Å². The van der Waals surface area contributed by atoms with E-state index in [4.69, 9.17) is 34.0 Å². The van der Waals surface area contributed by atoms with Crippen molar-refractivity contribution < 1.29 is 44.7 Å². The third-order valence-electron chi connectivity index (χ3n) is 5.26. The Balaban J connectivity index is 2.17. The van der Waals surface area contributed by atoms with Crippen LogP contribution in [0.2, 0.25) is 10.0 Å². The maximum Gasteiger partial charge on any atom is 0.326 e. The van der Waals surface area contributed by atoms with E-state index >= 15 is 0 Å². The van der Waals surface area contributed by atoms with Crippen molar-refractivity contribution in [3.63, 3.8) is 0 Å². The standard InChI is InChI=1S/C18H21Cl2N3O9/c19-8-3-6(4-9(20)12(8)24)14(26)22-10(15(27)28)5-7-1-2-18(23-7,17(31)32)13(25)11(21)16(29)30/h3-4,7,10-11,13,23-25H,1-2,5,21H2,(H,22,26)(H,27,28)(H,29,30)(H,31,32)/t7-,10+,11+,13-,18+/m0/s1. The number of aliphatic hydroxyl groups is 1. The lowest BCUT2D eigenvalue weighted by Gasteiger charge is -2.33. The highest BCUT2D eigenvalue weighted by molar-refractivity contribution is 6.37. The second-order valence-electron chi connectivity index (χ2n) is 7.35. The van der Waals surface area contributed by atoms with Gasteiger partial charge in [-0.1, -0.05) is 23.2 Å². The summed E-state index contributed by atoms with van der Waals surface area (Å²) < 4.78 is 0. The zero-order chi connectivity index (χ0) is 24.4. The summed E-state index contributed by atoms with van der Waals surface area (Å²) in [6, 6.07) is -2.01. The van der Waals surface area contributed by atoms with Crippen molar-refractivity contribution in [2.75, 3.05) is 0 Å². The minimum absolute atomic E-state index is 0.0617. The van der Waals surface area contributed by atoms with E-state index in [9.17, 15) is 39.6 Å². The van der Waals surface area contributed by atoms with Crippen molar-refractivity contribution in [3.8, 4) is 5.75 Å². The van der Waals surface area contributed by atoms with Gasteiger partial charge in [-0.05, 0) is 31.4 Å². The molecule has 0 unspecified atom stereocenters. The summed E-state index contributed by atoms with van der Waals surface area (Å²) in [6.45, 7) is 0. The van der Waals surface area contributed by atoms with E-state index in [2.05, 4.69) is 10.6 Å². The fraction of sp³-hybridized carbons (Fsp3) is 0.444. The van der Waals surface area contributed by atoms with Crippen LogP contribution in [0.4, 0.5) is 0 Å². The molecule has 1 aliphatic rings. The Kier molecular flexibility index (Phi) is 7.91. The van der Waals surface area contributed by atoms with Crippen LogP contribution in [0.25, 0.3) is 0 Å².